The van der Waals surface area contributed by atoms with E-state index in [1.165, 1.54) is 0 Å². The number of hydrogen-bond acceptors (Lipinski definition) is 3. The van der Waals surface area contributed by atoms with Crippen molar-refractivity contribution in [1.29, 1.82) is 0 Å². The van der Waals surface area contributed by atoms with Crippen molar-refractivity contribution in [2.24, 2.45) is 5.92 Å². The summed E-state index contributed by atoms with van der Waals surface area (Å²) >= 11 is 0. The molecule has 3 nitrogen and oxygen atoms in total. The zero-order valence-corrected chi connectivity index (χ0v) is 12.3. The summed E-state index contributed by atoms with van der Waals surface area (Å²) in [5.74, 6) is -0.326. The van der Waals surface area contributed by atoms with Crippen LogP contribution in [0.25, 0.3) is 0 Å². The first kappa shape index (κ1) is 16.1. The minimum absolute atomic E-state index is 0.0890. The molecule has 0 aromatic carbocycles. The Bertz CT molecular complexity index is 480. The van der Waals surface area contributed by atoms with Gasteiger partial charge in [-0.15, -0.1) is 0 Å². The molecule has 0 saturated carbocycles. The third kappa shape index (κ3) is 3.87. The van der Waals surface area contributed by atoms with Gasteiger partial charge in [0.25, 0.3) is 0 Å². The maximum Gasteiger partial charge on any atom is 0.391 e. The molecule has 6 heteroatoms. The lowest BCUT2D eigenvalue weighted by atomic mass is 9.96. The van der Waals surface area contributed by atoms with E-state index in [0.29, 0.717) is 18.9 Å². The molecule has 0 aliphatic carbocycles. The highest BCUT2D eigenvalue weighted by Crippen LogP contribution is 2.35. The molecule has 2 rings (SSSR count). The molecule has 1 aromatic rings. The second-order valence-corrected chi connectivity index (χ2v) is 5.87. The highest BCUT2D eigenvalue weighted by Gasteiger charge is 2.41. The van der Waals surface area contributed by atoms with E-state index in [1.807, 2.05) is 24.8 Å². The molecule has 0 radical (unpaired) electrons. The van der Waals surface area contributed by atoms with Gasteiger partial charge in [0.2, 0.25) is 0 Å². The van der Waals surface area contributed by atoms with Gasteiger partial charge in [0.15, 0.2) is 0 Å². The van der Waals surface area contributed by atoms with Crippen LogP contribution < -0.4 is 4.90 Å². The first-order valence-electron chi connectivity index (χ1n) is 7.24. The highest BCUT2D eigenvalue weighted by molar-refractivity contribution is 5.43. The topological polar surface area (TPSA) is 36.4 Å². The summed E-state index contributed by atoms with van der Waals surface area (Å²) in [6.07, 6.45) is -3.90. The molecule has 1 aromatic heterocycles. The van der Waals surface area contributed by atoms with Crippen molar-refractivity contribution in [3.63, 3.8) is 0 Å². The molecule has 0 unspecified atom stereocenters. The van der Waals surface area contributed by atoms with E-state index < -0.39 is 12.1 Å². The van der Waals surface area contributed by atoms with Gasteiger partial charge in [0, 0.05) is 18.8 Å². The van der Waals surface area contributed by atoms with E-state index >= 15 is 0 Å². The molecule has 0 amide bonds. The molecule has 118 valence electrons. The number of aliphatic hydroxyl groups excluding tert-OH is 1. The summed E-state index contributed by atoms with van der Waals surface area (Å²) in [6, 6.07) is 3.61. The maximum absolute atomic E-state index is 12.7. The zero-order valence-electron chi connectivity index (χ0n) is 12.3. The van der Waals surface area contributed by atoms with Crippen molar-refractivity contribution in [1.82, 2.24) is 4.98 Å². The molecule has 0 atom stereocenters. The van der Waals surface area contributed by atoms with E-state index in [-0.39, 0.29) is 25.4 Å². The normalized spacial score (nSPS) is 17.6. The van der Waals surface area contributed by atoms with Crippen LogP contribution in [-0.4, -0.2) is 29.4 Å². The number of nitrogens with zero attached hydrogens (tertiary/aromatic N) is 2. The predicted molar refractivity (Wildman–Crippen MR) is 75.2 cm³/mol. The number of alkyl halides is 3. The minimum Gasteiger partial charge on any atom is -0.392 e. The largest absolute Gasteiger partial charge is 0.392 e. The molecule has 1 saturated heterocycles. The molecular formula is C15H21F3N2O. The average molecular weight is 302 g/mol. The van der Waals surface area contributed by atoms with Crippen LogP contribution in [0.1, 0.15) is 43.9 Å². The Balaban J connectivity index is 2.14. The first-order valence-corrected chi connectivity index (χ1v) is 7.24. The first-order chi connectivity index (χ1) is 9.81. The number of aromatic nitrogens is 1. The number of halogens is 3. The second kappa shape index (κ2) is 6.22. The molecule has 0 bridgehead atoms. The van der Waals surface area contributed by atoms with Crippen LogP contribution >= 0.6 is 0 Å². The second-order valence-electron chi connectivity index (χ2n) is 5.87. The Morgan fingerprint density at radius 1 is 1.29 bits per heavy atom. The lowest BCUT2D eigenvalue weighted by molar-refractivity contribution is -0.179. The van der Waals surface area contributed by atoms with Crippen molar-refractivity contribution >= 4 is 5.82 Å². The van der Waals surface area contributed by atoms with Gasteiger partial charge in [0.1, 0.15) is 5.82 Å². The Morgan fingerprint density at radius 3 is 2.38 bits per heavy atom. The van der Waals surface area contributed by atoms with Gasteiger partial charge in [-0.2, -0.15) is 13.2 Å². The van der Waals surface area contributed by atoms with Gasteiger partial charge in [0.05, 0.1) is 12.5 Å². The molecule has 21 heavy (non-hydrogen) atoms. The molecular weight excluding hydrogens is 281 g/mol. The summed E-state index contributed by atoms with van der Waals surface area (Å²) in [4.78, 5) is 6.41. The van der Waals surface area contributed by atoms with Crippen LogP contribution in [0.2, 0.25) is 0 Å². The monoisotopic (exact) mass is 302 g/mol. The van der Waals surface area contributed by atoms with E-state index in [0.717, 1.165) is 11.3 Å². The smallest absolute Gasteiger partial charge is 0.391 e. The molecule has 0 spiro atoms. The standard InChI is InChI=1S/C15H21F3N2O/c1-10(2)13-7-11(9-21)8-14(19-13)20-5-3-12(4-6-20)15(16,17)18/h7-8,10,12,21H,3-6,9H2,1-2H3. The van der Waals surface area contributed by atoms with Crippen LogP contribution in [0.5, 0.6) is 0 Å². The van der Waals surface area contributed by atoms with Gasteiger partial charge in [-0.25, -0.2) is 4.98 Å². The fourth-order valence-electron chi connectivity index (χ4n) is 2.58. The Kier molecular flexibility index (Phi) is 4.76. The van der Waals surface area contributed by atoms with E-state index in [1.54, 1.807) is 6.07 Å². The fraction of sp³-hybridized carbons (Fsp3) is 0.667. The van der Waals surface area contributed by atoms with Gasteiger partial charge < -0.3 is 10.0 Å². The minimum atomic E-state index is -4.10. The Hall–Kier alpha value is -1.30. The lowest BCUT2D eigenvalue weighted by Crippen LogP contribution is -2.39. The van der Waals surface area contributed by atoms with Crippen LogP contribution in [0.3, 0.4) is 0 Å². The SMILES string of the molecule is CC(C)c1cc(CO)cc(N2CCC(C(F)(F)F)CC2)n1. The molecule has 2 heterocycles. The third-order valence-corrected chi connectivity index (χ3v) is 3.95. The van der Waals surface area contributed by atoms with E-state index in [9.17, 15) is 18.3 Å². The van der Waals surface area contributed by atoms with Crippen LogP contribution in [0.4, 0.5) is 19.0 Å². The van der Waals surface area contributed by atoms with E-state index in [4.69, 9.17) is 0 Å². The number of aliphatic hydroxyl groups is 1. The summed E-state index contributed by atoms with van der Waals surface area (Å²) in [5.41, 5.74) is 1.61. The van der Waals surface area contributed by atoms with Crippen molar-refractivity contribution in [3.05, 3.63) is 23.4 Å². The molecule has 1 fully saturated rings. The summed E-state index contributed by atoms with van der Waals surface area (Å²) in [6.45, 7) is 4.62. The third-order valence-electron chi connectivity index (χ3n) is 3.95. The predicted octanol–water partition coefficient (Wildman–Crippen LogP) is 3.48. The zero-order chi connectivity index (χ0) is 15.6. The average Bonchev–Trinajstić information content (AvgIpc) is 2.46. The van der Waals surface area contributed by atoms with Crippen molar-refractivity contribution in [3.8, 4) is 0 Å². The highest BCUT2D eigenvalue weighted by atomic mass is 19.4. The summed E-state index contributed by atoms with van der Waals surface area (Å²) in [7, 11) is 0. The number of hydrogen-bond donors (Lipinski definition) is 1. The van der Waals surface area contributed by atoms with Gasteiger partial charge >= 0.3 is 6.18 Å². The van der Waals surface area contributed by atoms with Gasteiger partial charge in [-0.3, -0.25) is 0 Å². The summed E-state index contributed by atoms with van der Waals surface area (Å²) in [5, 5.41) is 9.32. The quantitative estimate of drug-likeness (QED) is 0.928. The van der Waals surface area contributed by atoms with E-state index in [2.05, 4.69) is 4.98 Å². The number of rotatable bonds is 3. The Morgan fingerprint density at radius 2 is 1.90 bits per heavy atom. The molecule has 1 N–H and O–H groups in total. The summed E-state index contributed by atoms with van der Waals surface area (Å²) < 4.78 is 38.1. The van der Waals surface area contributed by atoms with Crippen molar-refractivity contribution < 1.29 is 18.3 Å². The fourth-order valence-corrected chi connectivity index (χ4v) is 2.58. The van der Waals surface area contributed by atoms with Crippen LogP contribution in [-0.2, 0) is 6.61 Å². The molecule has 1 aliphatic rings. The number of pyridine rings is 1. The van der Waals surface area contributed by atoms with Gasteiger partial charge in [-0.1, -0.05) is 13.8 Å². The number of anilines is 1. The Labute approximate surface area is 122 Å². The maximum atomic E-state index is 12.7. The van der Waals surface area contributed by atoms with Crippen LogP contribution in [0.15, 0.2) is 12.1 Å². The lowest BCUT2D eigenvalue weighted by Gasteiger charge is -2.34. The molecule has 1 aliphatic heterocycles. The van der Waals surface area contributed by atoms with Crippen LogP contribution in [0, 0.1) is 5.92 Å². The van der Waals surface area contributed by atoms with Gasteiger partial charge in [-0.05, 0) is 36.5 Å². The van der Waals surface area contributed by atoms with Crippen molar-refractivity contribution in [2.75, 3.05) is 18.0 Å². The van der Waals surface area contributed by atoms with Crippen molar-refractivity contribution in [2.45, 2.75) is 45.4 Å². The number of piperidine rings is 1.